The van der Waals surface area contributed by atoms with E-state index in [1.807, 2.05) is 42.5 Å². The average molecular weight is 753 g/mol. The van der Waals surface area contributed by atoms with Crippen LogP contribution in [-0.4, -0.2) is 52.3 Å². The molecule has 0 saturated carbocycles. The first kappa shape index (κ1) is 49.7. The van der Waals surface area contributed by atoms with Crippen molar-refractivity contribution in [3.8, 4) is 0 Å². The summed E-state index contributed by atoms with van der Waals surface area (Å²) in [6.07, 6.45) is 39.8. The second kappa shape index (κ2) is 35.7. The molecule has 0 aliphatic carbocycles. The Morgan fingerprint density at radius 3 is 1.83 bits per heavy atom. The molecule has 0 heterocycles. The third kappa shape index (κ3) is 38.9. The number of phosphoric acid groups is 1. The van der Waals surface area contributed by atoms with Gasteiger partial charge in [0.1, 0.15) is 6.61 Å². The number of aliphatic hydroxyl groups is 1. The predicted octanol–water partition coefficient (Wildman–Crippen LogP) is 11.0. The van der Waals surface area contributed by atoms with Gasteiger partial charge in [-0.05, 0) is 50.9 Å². The summed E-state index contributed by atoms with van der Waals surface area (Å²) in [5, 5.41) is 9.97. The standard InChI is InChI=1S/C42H73O9P/c1-4-5-6-7-22-27-32-39(43)33-28-23-18-15-16-20-25-30-35-42(45)51-40(37-50-52(46,47)48)36-49-41(44)34-29-24-19-14-12-10-8-9-11-13-17-21-26-31-38(2)3/h5-6,16,18,20,22-23,27-28,33,38-40,43H,4,7-15,17,19,21,24-26,29-32,34-37H2,1-3H3,(H2,46,47,48)/b6-5-,20-16-,23-18-,27-22-,33-28+/t39?,40-/m1/s1. The molecule has 0 spiro atoms. The number of unbranched alkanes of at least 4 members (excludes halogenated alkanes) is 13. The van der Waals surface area contributed by atoms with Crippen molar-refractivity contribution >= 4 is 19.8 Å². The van der Waals surface area contributed by atoms with Crippen LogP contribution in [0.25, 0.3) is 0 Å². The van der Waals surface area contributed by atoms with Crippen molar-refractivity contribution in [2.24, 2.45) is 5.92 Å². The van der Waals surface area contributed by atoms with E-state index in [1.54, 1.807) is 6.08 Å². The number of aliphatic hydroxyl groups excluding tert-OH is 1. The highest BCUT2D eigenvalue weighted by molar-refractivity contribution is 7.46. The summed E-state index contributed by atoms with van der Waals surface area (Å²) in [4.78, 5) is 42.8. The summed E-state index contributed by atoms with van der Waals surface area (Å²) in [6.45, 7) is 5.78. The summed E-state index contributed by atoms with van der Waals surface area (Å²) in [5.74, 6) is -0.175. The zero-order valence-corrected chi connectivity index (χ0v) is 33.6. The molecule has 1 unspecified atom stereocenters. The first-order chi connectivity index (χ1) is 25.0. The largest absolute Gasteiger partial charge is 0.469 e. The second-order valence-corrected chi connectivity index (χ2v) is 15.2. The van der Waals surface area contributed by atoms with Crippen LogP contribution in [0.3, 0.4) is 0 Å². The molecule has 0 saturated heterocycles. The summed E-state index contributed by atoms with van der Waals surface area (Å²) < 4.78 is 26.3. The fraction of sp³-hybridized carbons (Fsp3) is 0.714. The molecule has 0 radical (unpaired) electrons. The quantitative estimate of drug-likeness (QED) is 0.0190. The van der Waals surface area contributed by atoms with Gasteiger partial charge in [0.15, 0.2) is 6.10 Å². The Bertz CT molecular complexity index is 1060. The SMILES string of the molecule is CC/C=C\C/C=C\CC(O)/C=C/C=C\C/C=C\CCCC(=O)O[C@H](COC(=O)CCCCCCCCCCCCCCCC(C)C)COP(=O)(O)O. The van der Waals surface area contributed by atoms with Crippen molar-refractivity contribution in [1.29, 1.82) is 0 Å². The summed E-state index contributed by atoms with van der Waals surface area (Å²) >= 11 is 0. The van der Waals surface area contributed by atoms with Crippen LogP contribution in [0, 0.1) is 5.92 Å². The molecule has 2 atom stereocenters. The van der Waals surface area contributed by atoms with E-state index < -0.39 is 38.6 Å². The van der Waals surface area contributed by atoms with Crippen LogP contribution in [0.4, 0.5) is 0 Å². The highest BCUT2D eigenvalue weighted by Crippen LogP contribution is 2.36. The molecule has 10 heteroatoms. The van der Waals surface area contributed by atoms with E-state index in [0.29, 0.717) is 32.1 Å². The topological polar surface area (TPSA) is 140 Å². The highest BCUT2D eigenvalue weighted by Gasteiger charge is 2.22. The first-order valence-electron chi connectivity index (χ1n) is 20.0. The Labute approximate surface area is 316 Å². The molecular weight excluding hydrogens is 679 g/mol. The lowest BCUT2D eigenvalue weighted by Gasteiger charge is -2.18. The Hall–Kier alpha value is -2.29. The minimum atomic E-state index is -4.78. The van der Waals surface area contributed by atoms with Crippen LogP contribution in [0.2, 0.25) is 0 Å². The lowest BCUT2D eigenvalue weighted by molar-refractivity contribution is -0.161. The van der Waals surface area contributed by atoms with Crippen LogP contribution in [0.15, 0.2) is 60.8 Å². The zero-order valence-electron chi connectivity index (χ0n) is 32.7. The maximum atomic E-state index is 12.4. The molecular formula is C42H73O9P. The van der Waals surface area contributed by atoms with E-state index in [2.05, 4.69) is 37.4 Å². The summed E-state index contributed by atoms with van der Waals surface area (Å²) in [6, 6.07) is 0. The molecule has 52 heavy (non-hydrogen) atoms. The Kier molecular flexibility index (Phi) is 34.2. The molecule has 0 aromatic heterocycles. The molecule has 0 fully saturated rings. The molecule has 0 aromatic carbocycles. The van der Waals surface area contributed by atoms with Gasteiger partial charge in [0.25, 0.3) is 0 Å². The van der Waals surface area contributed by atoms with Crippen molar-refractivity contribution in [3.63, 3.8) is 0 Å². The van der Waals surface area contributed by atoms with Crippen molar-refractivity contribution in [2.45, 2.75) is 174 Å². The predicted molar refractivity (Wildman–Crippen MR) is 213 cm³/mol. The van der Waals surface area contributed by atoms with Gasteiger partial charge in [0.2, 0.25) is 0 Å². The lowest BCUT2D eigenvalue weighted by atomic mass is 10.0. The van der Waals surface area contributed by atoms with Crippen molar-refractivity contribution < 1.29 is 43.0 Å². The third-order valence-corrected chi connectivity index (χ3v) is 8.79. The molecule has 9 nitrogen and oxygen atoms in total. The maximum Gasteiger partial charge on any atom is 0.469 e. The smallest absolute Gasteiger partial charge is 0.462 e. The normalized spacial score (nSPS) is 13.8. The number of esters is 2. The highest BCUT2D eigenvalue weighted by atomic mass is 31.2. The van der Waals surface area contributed by atoms with Gasteiger partial charge in [-0.15, -0.1) is 0 Å². The molecule has 0 aromatic rings. The van der Waals surface area contributed by atoms with Gasteiger partial charge in [0, 0.05) is 12.8 Å². The molecule has 0 amide bonds. The summed E-state index contributed by atoms with van der Waals surface area (Å²) in [7, 11) is -4.78. The molecule has 0 aliphatic rings. The summed E-state index contributed by atoms with van der Waals surface area (Å²) in [5.41, 5.74) is 0. The van der Waals surface area contributed by atoms with Crippen LogP contribution in [0.1, 0.15) is 162 Å². The second-order valence-electron chi connectivity index (χ2n) is 13.9. The number of ether oxygens (including phenoxy) is 2. The van der Waals surface area contributed by atoms with Gasteiger partial charge in [-0.3, -0.25) is 14.1 Å². The van der Waals surface area contributed by atoms with Gasteiger partial charge in [-0.1, -0.05) is 165 Å². The number of carbonyl (C=O) groups excluding carboxylic acids is 2. The minimum Gasteiger partial charge on any atom is -0.462 e. The van der Waals surface area contributed by atoms with Crippen LogP contribution in [-0.2, 0) is 28.2 Å². The number of phosphoric ester groups is 1. The number of allylic oxidation sites excluding steroid dienone is 8. The number of carbonyl (C=O) groups is 2. The molecule has 3 N–H and O–H groups in total. The van der Waals surface area contributed by atoms with E-state index in [1.165, 1.54) is 64.2 Å². The van der Waals surface area contributed by atoms with Crippen LogP contribution < -0.4 is 0 Å². The van der Waals surface area contributed by atoms with E-state index >= 15 is 0 Å². The first-order valence-corrected chi connectivity index (χ1v) is 21.6. The average Bonchev–Trinajstić information content (AvgIpc) is 3.09. The molecule has 0 bridgehead atoms. The fourth-order valence-corrected chi connectivity index (χ4v) is 5.68. The molecule has 0 rings (SSSR count). The zero-order chi connectivity index (χ0) is 38.5. The Morgan fingerprint density at radius 1 is 0.654 bits per heavy atom. The van der Waals surface area contributed by atoms with Crippen LogP contribution in [0.5, 0.6) is 0 Å². The van der Waals surface area contributed by atoms with Gasteiger partial charge in [0.05, 0.1) is 12.7 Å². The number of hydrogen-bond donors (Lipinski definition) is 3. The van der Waals surface area contributed by atoms with E-state index in [-0.39, 0.29) is 19.4 Å². The van der Waals surface area contributed by atoms with E-state index in [4.69, 9.17) is 19.3 Å². The van der Waals surface area contributed by atoms with Crippen LogP contribution >= 0.6 is 7.82 Å². The monoisotopic (exact) mass is 752 g/mol. The van der Waals surface area contributed by atoms with E-state index in [9.17, 15) is 19.3 Å². The van der Waals surface area contributed by atoms with Crippen molar-refractivity contribution in [3.05, 3.63) is 60.8 Å². The van der Waals surface area contributed by atoms with Crippen molar-refractivity contribution in [2.75, 3.05) is 13.2 Å². The molecule has 0 aliphatic heterocycles. The van der Waals surface area contributed by atoms with Gasteiger partial charge < -0.3 is 24.4 Å². The Balaban J connectivity index is 4.11. The maximum absolute atomic E-state index is 12.4. The number of hydrogen-bond acceptors (Lipinski definition) is 7. The van der Waals surface area contributed by atoms with Crippen molar-refractivity contribution in [1.82, 2.24) is 0 Å². The van der Waals surface area contributed by atoms with E-state index in [0.717, 1.165) is 38.0 Å². The lowest BCUT2D eigenvalue weighted by Crippen LogP contribution is -2.29. The third-order valence-electron chi connectivity index (χ3n) is 8.31. The van der Waals surface area contributed by atoms with Gasteiger partial charge >= 0.3 is 19.8 Å². The van der Waals surface area contributed by atoms with Gasteiger partial charge in [-0.2, -0.15) is 0 Å². The Morgan fingerprint density at radius 2 is 1.21 bits per heavy atom. The number of rotatable bonds is 35. The fourth-order valence-electron chi connectivity index (χ4n) is 5.32. The van der Waals surface area contributed by atoms with Gasteiger partial charge in [-0.25, -0.2) is 4.57 Å². The minimum absolute atomic E-state index is 0.100. The molecule has 300 valence electrons.